The van der Waals surface area contributed by atoms with Crippen LogP contribution >= 0.6 is 11.6 Å². The normalized spacial score (nSPS) is 13.4. The van der Waals surface area contributed by atoms with Gasteiger partial charge in [-0.1, -0.05) is 17.5 Å². The van der Waals surface area contributed by atoms with E-state index in [1.165, 1.54) is 0 Å². The average Bonchev–Trinajstić information content (AvgIpc) is 3.86. The van der Waals surface area contributed by atoms with Crippen molar-refractivity contribution in [1.82, 2.24) is 39.7 Å². The number of rotatable bonds is 15. The van der Waals surface area contributed by atoms with Gasteiger partial charge in [0.1, 0.15) is 25.0 Å². The van der Waals surface area contributed by atoms with Crippen LogP contribution in [-0.4, -0.2) is 113 Å². The lowest BCUT2D eigenvalue weighted by Crippen LogP contribution is -2.52. The summed E-state index contributed by atoms with van der Waals surface area (Å²) in [5, 5.41) is 6.94. The average molecular weight is 663 g/mol. The van der Waals surface area contributed by atoms with E-state index in [9.17, 15) is 4.79 Å². The first-order valence-electron chi connectivity index (χ1n) is 15.2. The van der Waals surface area contributed by atoms with E-state index in [1.807, 2.05) is 28.8 Å². The number of hydrogen-bond donors (Lipinski definition) is 3. The Bertz CT molecular complexity index is 1810. The standard InChI is InChI=1S/C31H35ClN10O5/c1-2-11-44-14-16-46-17-15-45-13-6-33-31(43)41-9-7-40(8-10-41)30-38-28(27-29(39-30)42(21-35-27)23-5-12-47-20-23)34-19-26-36-24-4-3-22(32)18-25(24)37-26/h1,3-5,12,18,20-21H,6-11,13-17,19H2,(H,33,43)(H,36,37)(H,34,38,39). The number of fused-ring (bicyclic) bond motifs is 2. The van der Waals surface area contributed by atoms with Crippen molar-refractivity contribution in [3.63, 3.8) is 0 Å². The summed E-state index contributed by atoms with van der Waals surface area (Å²) in [7, 11) is 0. The maximum Gasteiger partial charge on any atom is 0.317 e. The van der Waals surface area contributed by atoms with Crippen LogP contribution in [0.5, 0.6) is 0 Å². The maximum absolute atomic E-state index is 12.8. The highest BCUT2D eigenvalue weighted by atomic mass is 35.5. The first-order valence-corrected chi connectivity index (χ1v) is 15.6. The van der Waals surface area contributed by atoms with Gasteiger partial charge in [0, 0.05) is 43.8 Å². The van der Waals surface area contributed by atoms with Crippen LogP contribution in [0.15, 0.2) is 47.5 Å². The van der Waals surface area contributed by atoms with Crippen molar-refractivity contribution in [2.45, 2.75) is 6.54 Å². The topological polar surface area (TPSA) is 161 Å². The van der Waals surface area contributed by atoms with Crippen LogP contribution in [-0.2, 0) is 20.8 Å². The van der Waals surface area contributed by atoms with Crippen molar-refractivity contribution in [1.29, 1.82) is 0 Å². The van der Waals surface area contributed by atoms with Gasteiger partial charge in [-0.25, -0.2) is 14.8 Å². The highest BCUT2D eigenvalue weighted by molar-refractivity contribution is 6.31. The number of terminal acetylenes is 1. The van der Waals surface area contributed by atoms with Crippen LogP contribution in [0, 0.1) is 12.3 Å². The summed E-state index contributed by atoms with van der Waals surface area (Å²) in [5.41, 5.74) is 3.70. The molecule has 1 aliphatic rings. The monoisotopic (exact) mass is 662 g/mol. The van der Waals surface area contributed by atoms with Crippen molar-refractivity contribution in [2.75, 3.05) is 82.6 Å². The number of carbonyl (C=O) groups excluding carboxylic acids is 1. The van der Waals surface area contributed by atoms with Crippen molar-refractivity contribution < 1.29 is 23.4 Å². The highest BCUT2D eigenvalue weighted by Crippen LogP contribution is 2.26. The first kappa shape index (κ1) is 32.1. The van der Waals surface area contributed by atoms with Gasteiger partial charge in [-0.3, -0.25) is 4.57 Å². The summed E-state index contributed by atoms with van der Waals surface area (Å²) in [5.74, 6) is 4.22. The number of carbonyl (C=O) groups is 1. The number of aromatic nitrogens is 6. The molecule has 246 valence electrons. The number of amides is 2. The van der Waals surface area contributed by atoms with Crippen molar-refractivity contribution >= 4 is 51.6 Å². The molecule has 0 aliphatic carbocycles. The molecule has 47 heavy (non-hydrogen) atoms. The third kappa shape index (κ3) is 8.10. The molecule has 1 aliphatic heterocycles. The molecule has 5 aromatic rings. The molecule has 4 aromatic heterocycles. The summed E-state index contributed by atoms with van der Waals surface area (Å²) < 4.78 is 23.2. The number of nitrogens with zero attached hydrogens (tertiary/aromatic N) is 7. The van der Waals surface area contributed by atoms with E-state index >= 15 is 0 Å². The fourth-order valence-electron chi connectivity index (χ4n) is 5.04. The van der Waals surface area contributed by atoms with Crippen LogP contribution in [0.3, 0.4) is 0 Å². The molecular weight excluding hydrogens is 628 g/mol. The summed E-state index contributed by atoms with van der Waals surface area (Å²) >= 11 is 6.15. The second-order valence-electron chi connectivity index (χ2n) is 10.5. The van der Waals surface area contributed by atoms with Gasteiger partial charge in [-0.2, -0.15) is 9.97 Å². The Morgan fingerprint density at radius 2 is 1.85 bits per heavy atom. The minimum atomic E-state index is -0.140. The van der Waals surface area contributed by atoms with Crippen LogP contribution in [0.4, 0.5) is 16.6 Å². The molecule has 0 saturated carbocycles. The summed E-state index contributed by atoms with van der Waals surface area (Å²) in [6, 6.07) is 7.22. The van der Waals surface area contributed by atoms with E-state index < -0.39 is 0 Å². The van der Waals surface area contributed by atoms with Crippen molar-refractivity contribution in [2.24, 2.45) is 0 Å². The van der Waals surface area contributed by atoms with Crippen LogP contribution in [0.1, 0.15) is 5.82 Å². The summed E-state index contributed by atoms with van der Waals surface area (Å²) in [6.45, 7) is 5.34. The fourth-order valence-corrected chi connectivity index (χ4v) is 5.22. The molecule has 5 heterocycles. The molecule has 0 unspecified atom stereocenters. The quantitative estimate of drug-likeness (QED) is 0.112. The number of imidazole rings is 2. The van der Waals surface area contributed by atoms with Gasteiger partial charge in [-0.05, 0) is 18.2 Å². The SMILES string of the molecule is C#CCOCCOCCOCCNC(=O)N1CCN(c2nc(NCc3nc4ccc(Cl)cc4[nH]3)c3ncn(-c4ccoc4)c3n2)CC1. The van der Waals surface area contributed by atoms with Gasteiger partial charge in [0.15, 0.2) is 17.0 Å². The van der Waals surface area contributed by atoms with Crippen LogP contribution in [0.25, 0.3) is 27.9 Å². The molecule has 0 atom stereocenters. The molecule has 0 bridgehead atoms. The lowest BCUT2D eigenvalue weighted by atomic mass is 10.3. The second-order valence-corrected chi connectivity index (χ2v) is 11.0. The number of urea groups is 1. The molecule has 0 radical (unpaired) electrons. The number of furan rings is 1. The predicted octanol–water partition coefficient (Wildman–Crippen LogP) is 3.06. The predicted molar refractivity (Wildman–Crippen MR) is 176 cm³/mol. The first-order chi connectivity index (χ1) is 23.1. The van der Waals surface area contributed by atoms with Crippen LogP contribution < -0.4 is 15.5 Å². The molecule has 16 heteroatoms. The number of H-pyrrole nitrogens is 1. The van der Waals surface area contributed by atoms with E-state index in [0.29, 0.717) is 100 Å². The largest absolute Gasteiger partial charge is 0.470 e. The molecule has 1 aromatic carbocycles. The highest BCUT2D eigenvalue weighted by Gasteiger charge is 2.25. The van der Waals surface area contributed by atoms with E-state index in [2.05, 4.69) is 36.4 Å². The van der Waals surface area contributed by atoms with E-state index in [1.54, 1.807) is 23.8 Å². The number of halogens is 1. The van der Waals surface area contributed by atoms with Gasteiger partial charge < -0.3 is 44.0 Å². The van der Waals surface area contributed by atoms with E-state index in [-0.39, 0.29) is 12.6 Å². The third-order valence-corrected chi connectivity index (χ3v) is 7.62. The molecule has 3 N–H and O–H groups in total. The number of aromatic amines is 1. The number of anilines is 2. The van der Waals surface area contributed by atoms with Gasteiger partial charge >= 0.3 is 6.03 Å². The van der Waals surface area contributed by atoms with Gasteiger partial charge in [0.25, 0.3) is 0 Å². The van der Waals surface area contributed by atoms with Crippen LogP contribution in [0.2, 0.25) is 5.02 Å². The number of nitrogens with one attached hydrogen (secondary N) is 3. The molecule has 1 fully saturated rings. The minimum absolute atomic E-state index is 0.140. The zero-order chi connectivity index (χ0) is 32.4. The number of piperazine rings is 1. The Morgan fingerprint density at radius 1 is 1.04 bits per heavy atom. The molecule has 15 nitrogen and oxygen atoms in total. The lowest BCUT2D eigenvalue weighted by Gasteiger charge is -2.34. The Labute approximate surface area is 275 Å². The molecule has 2 amide bonds. The number of ether oxygens (including phenoxy) is 3. The van der Waals surface area contributed by atoms with E-state index in [4.69, 9.17) is 46.6 Å². The Balaban J connectivity index is 1.04. The summed E-state index contributed by atoms with van der Waals surface area (Å²) in [4.78, 5) is 38.9. The Morgan fingerprint density at radius 3 is 2.64 bits per heavy atom. The molecule has 0 spiro atoms. The van der Waals surface area contributed by atoms with Gasteiger partial charge in [0.2, 0.25) is 5.95 Å². The van der Waals surface area contributed by atoms with Crippen molar-refractivity contribution in [3.05, 3.63) is 54.0 Å². The minimum Gasteiger partial charge on any atom is -0.470 e. The smallest absolute Gasteiger partial charge is 0.317 e. The lowest BCUT2D eigenvalue weighted by molar-refractivity contribution is 0.0211. The van der Waals surface area contributed by atoms with E-state index in [0.717, 1.165) is 22.5 Å². The van der Waals surface area contributed by atoms with Gasteiger partial charge in [0.05, 0.1) is 62.6 Å². The molecule has 1 saturated heterocycles. The number of benzene rings is 1. The Kier molecular flexibility index (Phi) is 10.7. The fraction of sp³-hybridized carbons (Fsp3) is 0.387. The maximum atomic E-state index is 12.8. The second kappa shape index (κ2) is 15.6. The number of hydrogen-bond acceptors (Lipinski definition) is 11. The molecule has 6 rings (SSSR count). The zero-order valence-electron chi connectivity index (χ0n) is 25.7. The third-order valence-electron chi connectivity index (χ3n) is 7.39. The zero-order valence-corrected chi connectivity index (χ0v) is 26.4. The van der Waals surface area contributed by atoms with Gasteiger partial charge in [-0.15, -0.1) is 6.42 Å². The summed E-state index contributed by atoms with van der Waals surface area (Å²) in [6.07, 6.45) is 10.0. The van der Waals surface area contributed by atoms with Crippen molar-refractivity contribution in [3.8, 4) is 18.0 Å². The Hall–Kier alpha value is -4.88. The molecular formula is C31H35ClN10O5.